The highest BCUT2D eigenvalue weighted by molar-refractivity contribution is 5.97. The van der Waals surface area contributed by atoms with E-state index in [1.165, 1.54) is 0 Å². The average Bonchev–Trinajstić information content (AvgIpc) is 2.78. The first-order valence-electron chi connectivity index (χ1n) is 9.38. The molecule has 0 spiro atoms. The highest BCUT2D eigenvalue weighted by Gasteiger charge is 2.24. The molecule has 0 atom stereocenters. The summed E-state index contributed by atoms with van der Waals surface area (Å²) in [5.74, 6) is 0.968. The van der Waals surface area contributed by atoms with Crippen molar-refractivity contribution in [3.05, 3.63) is 72.7 Å². The lowest BCUT2D eigenvalue weighted by molar-refractivity contribution is 0.0746. The minimum Gasteiger partial charge on any atom is -0.352 e. The Balaban J connectivity index is 1.34. The number of hydrogen-bond acceptors (Lipinski definition) is 5. The molecular weight excluding hydrogens is 350 g/mol. The predicted octanol–water partition coefficient (Wildman–Crippen LogP) is 3.14. The molecule has 28 heavy (non-hydrogen) atoms. The van der Waals surface area contributed by atoms with Crippen molar-refractivity contribution < 1.29 is 4.79 Å². The summed E-state index contributed by atoms with van der Waals surface area (Å²) in [5, 5.41) is 2.03. The number of benzene rings is 2. The van der Waals surface area contributed by atoms with Crippen LogP contribution in [0.2, 0.25) is 0 Å². The molecule has 2 aromatic heterocycles. The molecule has 4 aromatic rings. The lowest BCUT2D eigenvalue weighted by atomic mass is 10.1. The molecule has 0 bridgehead atoms. The summed E-state index contributed by atoms with van der Waals surface area (Å²) in [5.41, 5.74) is 2.48. The number of rotatable bonds is 2. The smallest absolute Gasteiger partial charge is 0.255 e. The van der Waals surface area contributed by atoms with Gasteiger partial charge in [-0.15, -0.1) is 0 Å². The quantitative estimate of drug-likeness (QED) is 0.543. The molecule has 0 N–H and O–H groups in total. The van der Waals surface area contributed by atoms with Gasteiger partial charge < -0.3 is 9.80 Å². The minimum absolute atomic E-state index is 0.0328. The molecule has 138 valence electrons. The summed E-state index contributed by atoms with van der Waals surface area (Å²) < 4.78 is 0. The number of pyridine rings is 1. The Morgan fingerprint density at radius 3 is 2.43 bits per heavy atom. The minimum atomic E-state index is 0.0328. The number of hydrogen-bond donors (Lipinski definition) is 0. The van der Waals surface area contributed by atoms with Gasteiger partial charge in [-0.25, -0.2) is 9.97 Å². The van der Waals surface area contributed by atoms with E-state index < -0.39 is 0 Å². The lowest BCUT2D eigenvalue weighted by Gasteiger charge is -2.35. The number of amides is 1. The highest BCUT2D eigenvalue weighted by atomic mass is 16.2. The van der Waals surface area contributed by atoms with Crippen LogP contribution in [-0.4, -0.2) is 51.9 Å². The Kier molecular flexibility index (Phi) is 4.09. The first kappa shape index (κ1) is 16.6. The standard InChI is InChI=1S/C22H19N5O/c28-22(17-13-16-5-1-3-7-19(16)23-14-17)27-11-9-26(10-12-27)21-18-6-2-4-8-20(18)24-15-25-21/h1-8,13-15H,9-12H2. The number of piperazine rings is 1. The largest absolute Gasteiger partial charge is 0.352 e. The summed E-state index contributed by atoms with van der Waals surface area (Å²) in [6.07, 6.45) is 3.28. The maximum absolute atomic E-state index is 12.9. The number of fused-ring (bicyclic) bond motifs is 2. The second-order valence-corrected chi connectivity index (χ2v) is 6.91. The van der Waals surface area contributed by atoms with Crippen LogP contribution >= 0.6 is 0 Å². The normalized spacial score (nSPS) is 14.6. The van der Waals surface area contributed by atoms with E-state index in [2.05, 4.69) is 19.9 Å². The molecule has 3 heterocycles. The van der Waals surface area contributed by atoms with Crippen molar-refractivity contribution in [2.45, 2.75) is 0 Å². The van der Waals surface area contributed by atoms with Crippen LogP contribution in [-0.2, 0) is 0 Å². The molecule has 1 saturated heterocycles. The number of carbonyl (C=O) groups is 1. The average molecular weight is 369 g/mol. The highest BCUT2D eigenvalue weighted by Crippen LogP contribution is 2.24. The third-order valence-corrected chi connectivity index (χ3v) is 5.23. The maximum atomic E-state index is 12.9. The van der Waals surface area contributed by atoms with E-state index in [0.29, 0.717) is 18.7 Å². The summed E-state index contributed by atoms with van der Waals surface area (Å²) >= 11 is 0. The molecule has 0 aliphatic carbocycles. The van der Waals surface area contributed by atoms with E-state index in [4.69, 9.17) is 0 Å². The Morgan fingerprint density at radius 1 is 0.821 bits per heavy atom. The molecule has 6 heteroatoms. The first-order valence-corrected chi connectivity index (χ1v) is 9.38. The van der Waals surface area contributed by atoms with Crippen LogP contribution in [0.25, 0.3) is 21.8 Å². The number of carbonyl (C=O) groups excluding carboxylic acids is 1. The number of aromatic nitrogens is 3. The molecule has 0 radical (unpaired) electrons. The number of nitrogens with zero attached hydrogens (tertiary/aromatic N) is 5. The fourth-order valence-electron chi connectivity index (χ4n) is 3.73. The van der Waals surface area contributed by atoms with Gasteiger partial charge in [0.1, 0.15) is 12.1 Å². The molecule has 2 aromatic carbocycles. The van der Waals surface area contributed by atoms with Crippen molar-refractivity contribution in [1.29, 1.82) is 0 Å². The Labute approximate surface area is 162 Å². The van der Waals surface area contributed by atoms with Crippen molar-refractivity contribution in [2.75, 3.05) is 31.1 Å². The number of para-hydroxylation sites is 2. The van der Waals surface area contributed by atoms with Crippen molar-refractivity contribution in [3.63, 3.8) is 0 Å². The molecule has 1 aliphatic rings. The zero-order valence-electron chi connectivity index (χ0n) is 15.3. The van der Waals surface area contributed by atoms with Crippen LogP contribution in [0.15, 0.2) is 67.1 Å². The first-order chi connectivity index (χ1) is 13.8. The van der Waals surface area contributed by atoms with E-state index >= 15 is 0 Å². The Morgan fingerprint density at radius 2 is 1.57 bits per heavy atom. The Hall–Kier alpha value is -3.54. The predicted molar refractivity (Wildman–Crippen MR) is 109 cm³/mol. The van der Waals surface area contributed by atoms with E-state index in [1.54, 1.807) is 12.5 Å². The van der Waals surface area contributed by atoms with Gasteiger partial charge in [-0.2, -0.15) is 0 Å². The van der Waals surface area contributed by atoms with E-state index in [1.807, 2.05) is 59.5 Å². The van der Waals surface area contributed by atoms with Crippen LogP contribution in [0.3, 0.4) is 0 Å². The summed E-state index contributed by atoms with van der Waals surface area (Å²) in [6.45, 7) is 2.80. The molecule has 1 amide bonds. The van der Waals surface area contributed by atoms with Crippen LogP contribution in [0, 0.1) is 0 Å². The van der Waals surface area contributed by atoms with Gasteiger partial charge >= 0.3 is 0 Å². The molecule has 0 saturated carbocycles. The zero-order chi connectivity index (χ0) is 18.9. The fraction of sp³-hybridized carbons (Fsp3) is 0.182. The van der Waals surface area contributed by atoms with Gasteiger partial charge in [0.05, 0.1) is 16.6 Å². The van der Waals surface area contributed by atoms with Crippen molar-refractivity contribution in [2.24, 2.45) is 0 Å². The zero-order valence-corrected chi connectivity index (χ0v) is 15.3. The maximum Gasteiger partial charge on any atom is 0.255 e. The van der Waals surface area contributed by atoms with Crippen LogP contribution in [0.4, 0.5) is 5.82 Å². The van der Waals surface area contributed by atoms with Gasteiger partial charge in [-0.05, 0) is 24.3 Å². The lowest BCUT2D eigenvalue weighted by Crippen LogP contribution is -2.49. The van der Waals surface area contributed by atoms with Gasteiger partial charge in [0.25, 0.3) is 5.91 Å². The number of anilines is 1. The molecule has 5 rings (SSSR count). The third-order valence-electron chi connectivity index (χ3n) is 5.23. The summed E-state index contributed by atoms with van der Waals surface area (Å²) in [6, 6.07) is 17.8. The third kappa shape index (κ3) is 2.93. The van der Waals surface area contributed by atoms with Crippen molar-refractivity contribution >= 4 is 33.5 Å². The second kappa shape index (κ2) is 6.88. The second-order valence-electron chi connectivity index (χ2n) is 6.91. The van der Waals surface area contributed by atoms with Crippen molar-refractivity contribution in [3.8, 4) is 0 Å². The van der Waals surface area contributed by atoms with Gasteiger partial charge in [-0.3, -0.25) is 9.78 Å². The molecule has 0 unspecified atom stereocenters. The topological polar surface area (TPSA) is 62.2 Å². The van der Waals surface area contributed by atoms with E-state index in [-0.39, 0.29) is 5.91 Å². The van der Waals surface area contributed by atoms with Gasteiger partial charge in [0.15, 0.2) is 0 Å². The summed E-state index contributed by atoms with van der Waals surface area (Å²) in [7, 11) is 0. The van der Waals surface area contributed by atoms with Gasteiger partial charge in [0.2, 0.25) is 0 Å². The van der Waals surface area contributed by atoms with Crippen molar-refractivity contribution in [1.82, 2.24) is 19.9 Å². The van der Waals surface area contributed by atoms with Gasteiger partial charge in [-0.1, -0.05) is 30.3 Å². The molecular formula is C22H19N5O. The molecule has 1 fully saturated rings. The van der Waals surface area contributed by atoms with Crippen LogP contribution in [0.1, 0.15) is 10.4 Å². The monoisotopic (exact) mass is 369 g/mol. The molecule has 6 nitrogen and oxygen atoms in total. The van der Waals surface area contributed by atoms with Gasteiger partial charge in [0, 0.05) is 43.1 Å². The van der Waals surface area contributed by atoms with Crippen LogP contribution < -0.4 is 4.90 Å². The summed E-state index contributed by atoms with van der Waals surface area (Å²) in [4.78, 5) is 30.3. The van der Waals surface area contributed by atoms with E-state index in [0.717, 1.165) is 40.7 Å². The Bertz CT molecular complexity index is 1160. The van der Waals surface area contributed by atoms with E-state index in [9.17, 15) is 4.79 Å². The fourth-order valence-corrected chi connectivity index (χ4v) is 3.73. The van der Waals surface area contributed by atoms with Crippen LogP contribution in [0.5, 0.6) is 0 Å². The SMILES string of the molecule is O=C(c1cnc2ccccc2c1)N1CCN(c2ncnc3ccccc23)CC1. The molecule has 1 aliphatic heterocycles.